The molecule has 0 aliphatic carbocycles. The Kier molecular flexibility index (Phi) is 3.23. The van der Waals surface area contributed by atoms with E-state index in [1.807, 2.05) is 6.07 Å². The van der Waals surface area contributed by atoms with E-state index in [0.29, 0.717) is 16.7 Å². The first-order valence-electron chi connectivity index (χ1n) is 5.38. The van der Waals surface area contributed by atoms with Crippen molar-refractivity contribution in [2.75, 3.05) is 11.5 Å². The summed E-state index contributed by atoms with van der Waals surface area (Å²) in [5, 5.41) is 1.83. The molecule has 0 unspecified atom stereocenters. The Morgan fingerprint density at radius 3 is 2.71 bits per heavy atom. The Hall–Kier alpha value is -0.940. The highest BCUT2D eigenvalue weighted by Gasteiger charge is 2.28. The Morgan fingerprint density at radius 2 is 2.06 bits per heavy atom. The zero-order valence-corrected chi connectivity index (χ0v) is 11.4. The van der Waals surface area contributed by atoms with Gasteiger partial charge in [0.2, 0.25) is 9.84 Å². The zero-order valence-electron chi connectivity index (χ0n) is 9.80. The fourth-order valence-electron chi connectivity index (χ4n) is 1.80. The van der Waals surface area contributed by atoms with Crippen molar-refractivity contribution in [1.82, 2.24) is 0 Å². The van der Waals surface area contributed by atoms with Crippen LogP contribution in [0.4, 0.5) is 5.69 Å². The molecular weight excluding hydrogens is 254 g/mol. The minimum Gasteiger partial charge on any atom is -0.398 e. The van der Waals surface area contributed by atoms with Crippen molar-refractivity contribution in [1.29, 1.82) is 0 Å². The van der Waals surface area contributed by atoms with E-state index in [4.69, 9.17) is 5.73 Å². The predicted molar refractivity (Wildman–Crippen MR) is 73.6 cm³/mol. The molecule has 0 atom stereocenters. The molecule has 0 bridgehead atoms. The lowest BCUT2D eigenvalue weighted by Crippen LogP contribution is -1.99. The molecule has 0 radical (unpaired) electrons. The van der Waals surface area contributed by atoms with Crippen molar-refractivity contribution in [3.8, 4) is 0 Å². The smallest absolute Gasteiger partial charge is 0.202 e. The Bertz CT molecular complexity index is 574. The summed E-state index contributed by atoms with van der Waals surface area (Å²) in [7, 11) is -3.33. The summed E-state index contributed by atoms with van der Waals surface area (Å²) in [5.41, 5.74) is 7.70. The van der Waals surface area contributed by atoms with Gasteiger partial charge in [-0.05, 0) is 16.9 Å². The van der Waals surface area contributed by atoms with Crippen molar-refractivity contribution in [3.63, 3.8) is 0 Å². The van der Waals surface area contributed by atoms with Gasteiger partial charge in [0, 0.05) is 16.7 Å². The van der Waals surface area contributed by atoms with Crippen LogP contribution >= 0.6 is 11.8 Å². The molecule has 3 nitrogen and oxygen atoms in total. The summed E-state index contributed by atoms with van der Waals surface area (Å²) in [6.07, 6.45) is 0. The number of nitrogen functional groups attached to an aromatic ring is 1. The molecule has 2 rings (SSSR count). The maximum Gasteiger partial charge on any atom is 0.202 e. The maximum atomic E-state index is 12.0. The SMILES string of the molecule is CC(C)SCC1=CS(=O)(=O)c2c(N)cccc21. The third-order valence-electron chi connectivity index (χ3n) is 2.55. The minimum absolute atomic E-state index is 0.277. The first-order chi connectivity index (χ1) is 7.92. The lowest BCUT2D eigenvalue weighted by Gasteiger charge is -2.07. The minimum atomic E-state index is -3.33. The van der Waals surface area contributed by atoms with Gasteiger partial charge in [0.15, 0.2) is 0 Å². The number of sulfone groups is 1. The van der Waals surface area contributed by atoms with Gasteiger partial charge in [0.1, 0.15) is 4.90 Å². The number of hydrogen-bond acceptors (Lipinski definition) is 4. The van der Waals surface area contributed by atoms with Gasteiger partial charge < -0.3 is 5.73 Å². The van der Waals surface area contributed by atoms with Crippen LogP contribution in [0, 0.1) is 0 Å². The van der Waals surface area contributed by atoms with Crippen LogP contribution in [0.5, 0.6) is 0 Å². The number of thioether (sulfide) groups is 1. The molecule has 0 amide bonds. The van der Waals surface area contributed by atoms with E-state index in [2.05, 4.69) is 13.8 Å². The molecular formula is C12H15NO2S2. The van der Waals surface area contributed by atoms with Crippen molar-refractivity contribution in [3.05, 3.63) is 29.2 Å². The molecule has 0 fully saturated rings. The highest BCUT2D eigenvalue weighted by molar-refractivity contribution is 8.00. The first kappa shape index (κ1) is 12.5. The molecule has 1 heterocycles. The second-order valence-electron chi connectivity index (χ2n) is 4.27. The quantitative estimate of drug-likeness (QED) is 0.857. The Labute approximate surface area is 106 Å². The van der Waals surface area contributed by atoms with E-state index in [9.17, 15) is 8.42 Å². The molecule has 1 aliphatic heterocycles. The fourth-order valence-corrected chi connectivity index (χ4v) is 4.27. The summed E-state index contributed by atoms with van der Waals surface area (Å²) >= 11 is 1.73. The summed E-state index contributed by atoms with van der Waals surface area (Å²) in [6.45, 7) is 4.18. The third kappa shape index (κ3) is 2.35. The average molecular weight is 269 g/mol. The van der Waals surface area contributed by atoms with Crippen LogP contribution in [-0.4, -0.2) is 19.4 Å². The predicted octanol–water partition coefficient (Wildman–Crippen LogP) is 2.54. The molecule has 1 aliphatic rings. The van der Waals surface area contributed by atoms with Crippen LogP contribution in [0.1, 0.15) is 19.4 Å². The monoisotopic (exact) mass is 269 g/mol. The van der Waals surface area contributed by atoms with Gasteiger partial charge in [-0.2, -0.15) is 11.8 Å². The van der Waals surface area contributed by atoms with Crippen molar-refractivity contribution >= 4 is 32.9 Å². The third-order valence-corrected chi connectivity index (χ3v) is 5.31. The van der Waals surface area contributed by atoms with Crippen LogP contribution in [0.15, 0.2) is 28.5 Å². The molecule has 0 aromatic heterocycles. The van der Waals surface area contributed by atoms with Crippen LogP contribution in [0.25, 0.3) is 5.57 Å². The van der Waals surface area contributed by atoms with Crippen molar-refractivity contribution in [2.45, 2.75) is 24.0 Å². The molecule has 1 aromatic carbocycles. The Morgan fingerprint density at radius 1 is 1.35 bits per heavy atom. The summed E-state index contributed by atoms with van der Waals surface area (Å²) in [4.78, 5) is 0.277. The van der Waals surface area contributed by atoms with Gasteiger partial charge in [-0.15, -0.1) is 0 Å². The highest BCUT2D eigenvalue weighted by Crippen LogP contribution is 2.38. The number of fused-ring (bicyclic) bond motifs is 1. The zero-order chi connectivity index (χ0) is 12.6. The molecule has 0 spiro atoms. The van der Waals surface area contributed by atoms with Crippen LogP contribution in [0.2, 0.25) is 0 Å². The van der Waals surface area contributed by atoms with Gasteiger partial charge >= 0.3 is 0 Å². The lowest BCUT2D eigenvalue weighted by molar-refractivity contribution is 0.606. The molecule has 5 heteroatoms. The van der Waals surface area contributed by atoms with Crippen molar-refractivity contribution < 1.29 is 8.42 Å². The topological polar surface area (TPSA) is 60.2 Å². The first-order valence-corrected chi connectivity index (χ1v) is 7.97. The maximum absolute atomic E-state index is 12.0. The summed E-state index contributed by atoms with van der Waals surface area (Å²) < 4.78 is 23.9. The summed E-state index contributed by atoms with van der Waals surface area (Å²) in [5.74, 6) is 0.702. The van der Waals surface area contributed by atoms with Crippen molar-refractivity contribution in [2.24, 2.45) is 0 Å². The van der Waals surface area contributed by atoms with Gasteiger partial charge in [0.05, 0.1) is 5.69 Å². The van der Waals surface area contributed by atoms with Gasteiger partial charge in [-0.3, -0.25) is 0 Å². The molecule has 0 saturated heterocycles. The van der Waals surface area contributed by atoms with E-state index in [1.165, 1.54) is 5.41 Å². The Balaban J connectivity index is 2.44. The second kappa shape index (κ2) is 4.38. The van der Waals surface area contributed by atoms with E-state index >= 15 is 0 Å². The molecule has 17 heavy (non-hydrogen) atoms. The van der Waals surface area contributed by atoms with Crippen LogP contribution in [-0.2, 0) is 9.84 Å². The molecule has 2 N–H and O–H groups in total. The van der Waals surface area contributed by atoms with E-state index in [-0.39, 0.29) is 4.90 Å². The van der Waals surface area contributed by atoms with E-state index in [1.54, 1.807) is 23.9 Å². The fraction of sp³-hybridized carbons (Fsp3) is 0.333. The average Bonchev–Trinajstić information content (AvgIpc) is 2.49. The van der Waals surface area contributed by atoms with E-state index < -0.39 is 9.84 Å². The largest absolute Gasteiger partial charge is 0.398 e. The standard InChI is InChI=1S/C12H15NO2S2/c1-8(2)16-6-9-7-17(14,15)12-10(9)4-3-5-11(12)13/h3-5,7-8H,6,13H2,1-2H3. The van der Waals surface area contributed by atoms with Gasteiger partial charge in [-0.1, -0.05) is 26.0 Å². The number of hydrogen-bond donors (Lipinski definition) is 1. The van der Waals surface area contributed by atoms with Crippen LogP contribution < -0.4 is 5.73 Å². The molecule has 1 aromatic rings. The molecule has 0 saturated carbocycles. The number of nitrogens with two attached hydrogens (primary N) is 1. The molecule has 92 valence electrons. The number of benzene rings is 1. The van der Waals surface area contributed by atoms with Gasteiger partial charge in [0.25, 0.3) is 0 Å². The number of rotatable bonds is 3. The van der Waals surface area contributed by atoms with Gasteiger partial charge in [-0.25, -0.2) is 8.42 Å². The van der Waals surface area contributed by atoms with Crippen LogP contribution in [0.3, 0.4) is 0 Å². The lowest BCUT2D eigenvalue weighted by atomic mass is 10.1. The van der Waals surface area contributed by atoms with E-state index in [0.717, 1.165) is 11.1 Å². The summed E-state index contributed by atoms with van der Waals surface area (Å²) in [6, 6.07) is 5.24. The number of anilines is 1. The highest BCUT2D eigenvalue weighted by atomic mass is 32.2. The normalized spacial score (nSPS) is 17.0. The second-order valence-corrected chi connectivity index (χ2v) is 7.57.